The maximum absolute atomic E-state index is 5.60. The fraction of sp³-hybridized carbons (Fsp3) is 0.400. The van der Waals surface area contributed by atoms with Gasteiger partial charge in [0.1, 0.15) is 0 Å². The van der Waals surface area contributed by atoms with E-state index in [0.717, 1.165) is 12.2 Å². The molecule has 0 saturated carbocycles. The summed E-state index contributed by atoms with van der Waals surface area (Å²) in [5.74, 6) is 0. The minimum absolute atomic E-state index is 0.561. The number of benzene rings is 1. The summed E-state index contributed by atoms with van der Waals surface area (Å²) in [6, 6.07) is 8.71. The standard InChI is InChI=1S/C10H14N2/c11-9-5-3-8(4-6-9)10-2-1-7-12-10/h3-6,10,12H,1-2,7,11H2/t10-/m1/s1. The summed E-state index contributed by atoms with van der Waals surface area (Å²) < 4.78 is 0. The molecule has 2 nitrogen and oxygen atoms in total. The third kappa shape index (κ3) is 1.43. The van der Waals surface area contributed by atoms with E-state index in [1.807, 2.05) is 12.1 Å². The van der Waals surface area contributed by atoms with Gasteiger partial charge in [-0.15, -0.1) is 0 Å². The third-order valence-corrected chi connectivity index (χ3v) is 2.40. The van der Waals surface area contributed by atoms with Gasteiger partial charge >= 0.3 is 0 Å². The third-order valence-electron chi connectivity index (χ3n) is 2.40. The first kappa shape index (κ1) is 7.62. The van der Waals surface area contributed by atoms with E-state index < -0.39 is 0 Å². The molecule has 2 heteroatoms. The summed E-state index contributed by atoms with van der Waals surface area (Å²) in [4.78, 5) is 0. The highest BCUT2D eigenvalue weighted by atomic mass is 14.9. The molecule has 1 fully saturated rings. The van der Waals surface area contributed by atoms with Gasteiger partial charge in [0.15, 0.2) is 0 Å². The maximum atomic E-state index is 5.60. The van der Waals surface area contributed by atoms with Crippen LogP contribution in [0.5, 0.6) is 0 Å². The van der Waals surface area contributed by atoms with Crippen LogP contribution in [-0.4, -0.2) is 6.54 Å². The Morgan fingerprint density at radius 2 is 2.00 bits per heavy atom. The van der Waals surface area contributed by atoms with Crippen molar-refractivity contribution in [3.8, 4) is 0 Å². The number of hydrogen-bond donors (Lipinski definition) is 2. The molecule has 0 spiro atoms. The minimum Gasteiger partial charge on any atom is -0.399 e. The lowest BCUT2D eigenvalue weighted by atomic mass is 10.1. The number of hydrogen-bond acceptors (Lipinski definition) is 2. The number of nitrogens with two attached hydrogens (primary N) is 1. The van der Waals surface area contributed by atoms with E-state index in [0.29, 0.717) is 6.04 Å². The highest BCUT2D eigenvalue weighted by Gasteiger charge is 2.14. The molecule has 0 bridgehead atoms. The Labute approximate surface area is 72.8 Å². The molecule has 1 heterocycles. The van der Waals surface area contributed by atoms with Crippen LogP contribution in [0, 0.1) is 0 Å². The Hall–Kier alpha value is -1.02. The maximum Gasteiger partial charge on any atom is 0.0320 e. The van der Waals surface area contributed by atoms with Crippen LogP contribution >= 0.6 is 0 Å². The van der Waals surface area contributed by atoms with Crippen LogP contribution in [0.3, 0.4) is 0 Å². The SMILES string of the molecule is Nc1ccc([C@H]2CCCN2)cc1. The lowest BCUT2D eigenvalue weighted by Crippen LogP contribution is -2.12. The summed E-state index contributed by atoms with van der Waals surface area (Å²) in [6.45, 7) is 1.15. The normalized spacial score (nSPS) is 22.8. The number of nitrogens with one attached hydrogen (secondary N) is 1. The van der Waals surface area contributed by atoms with E-state index in [-0.39, 0.29) is 0 Å². The average Bonchev–Trinajstić information content (AvgIpc) is 2.58. The minimum atomic E-state index is 0.561. The highest BCUT2D eigenvalue weighted by molar-refractivity contribution is 5.40. The molecule has 0 aromatic heterocycles. The van der Waals surface area contributed by atoms with Gasteiger partial charge < -0.3 is 11.1 Å². The molecule has 0 aliphatic carbocycles. The quantitative estimate of drug-likeness (QED) is 0.617. The summed E-state index contributed by atoms with van der Waals surface area (Å²) in [5, 5.41) is 3.45. The Bertz CT molecular complexity index is 247. The molecule has 1 aromatic rings. The second kappa shape index (κ2) is 3.15. The second-order valence-corrected chi connectivity index (χ2v) is 3.32. The molecule has 64 valence electrons. The Morgan fingerprint density at radius 1 is 1.25 bits per heavy atom. The molecule has 12 heavy (non-hydrogen) atoms. The van der Waals surface area contributed by atoms with E-state index in [1.54, 1.807) is 0 Å². The summed E-state index contributed by atoms with van der Waals surface area (Å²) in [5.41, 5.74) is 7.81. The van der Waals surface area contributed by atoms with Gasteiger partial charge in [0.2, 0.25) is 0 Å². The molecule has 1 atom stereocenters. The molecule has 3 N–H and O–H groups in total. The first-order valence-corrected chi connectivity index (χ1v) is 4.45. The van der Waals surface area contributed by atoms with Crippen LogP contribution in [-0.2, 0) is 0 Å². The van der Waals surface area contributed by atoms with Crippen molar-refractivity contribution in [2.45, 2.75) is 18.9 Å². The van der Waals surface area contributed by atoms with Gasteiger partial charge in [0, 0.05) is 11.7 Å². The highest BCUT2D eigenvalue weighted by Crippen LogP contribution is 2.23. The predicted molar refractivity (Wildman–Crippen MR) is 50.8 cm³/mol. The van der Waals surface area contributed by atoms with Crippen LogP contribution in [0.25, 0.3) is 0 Å². The molecule has 1 aliphatic rings. The zero-order valence-electron chi connectivity index (χ0n) is 7.09. The van der Waals surface area contributed by atoms with Crippen molar-refractivity contribution >= 4 is 5.69 Å². The van der Waals surface area contributed by atoms with Gasteiger partial charge in [-0.25, -0.2) is 0 Å². The Balaban J connectivity index is 2.17. The van der Waals surface area contributed by atoms with Crippen LogP contribution in [0.2, 0.25) is 0 Å². The average molecular weight is 162 g/mol. The summed E-state index contributed by atoms with van der Waals surface area (Å²) in [6.07, 6.45) is 2.54. The summed E-state index contributed by atoms with van der Waals surface area (Å²) >= 11 is 0. The molecule has 1 aromatic carbocycles. The van der Waals surface area contributed by atoms with Crippen LogP contribution in [0.4, 0.5) is 5.69 Å². The van der Waals surface area contributed by atoms with Crippen LogP contribution < -0.4 is 11.1 Å². The second-order valence-electron chi connectivity index (χ2n) is 3.32. The van der Waals surface area contributed by atoms with Crippen molar-refractivity contribution in [1.29, 1.82) is 0 Å². The van der Waals surface area contributed by atoms with Crippen LogP contribution in [0.15, 0.2) is 24.3 Å². The molecular weight excluding hydrogens is 148 g/mol. The first-order valence-electron chi connectivity index (χ1n) is 4.45. The van der Waals surface area contributed by atoms with E-state index in [4.69, 9.17) is 5.73 Å². The van der Waals surface area contributed by atoms with Gasteiger partial charge in [0.05, 0.1) is 0 Å². The molecule has 1 aliphatic heterocycles. The van der Waals surface area contributed by atoms with E-state index in [1.165, 1.54) is 18.4 Å². The van der Waals surface area contributed by atoms with Crippen molar-refractivity contribution in [2.75, 3.05) is 12.3 Å². The monoisotopic (exact) mass is 162 g/mol. The molecule has 0 radical (unpaired) electrons. The number of rotatable bonds is 1. The summed E-state index contributed by atoms with van der Waals surface area (Å²) in [7, 11) is 0. The van der Waals surface area contributed by atoms with Crippen molar-refractivity contribution in [1.82, 2.24) is 5.32 Å². The molecule has 0 unspecified atom stereocenters. The van der Waals surface area contributed by atoms with Crippen molar-refractivity contribution in [3.63, 3.8) is 0 Å². The molecular formula is C10H14N2. The lowest BCUT2D eigenvalue weighted by molar-refractivity contribution is 0.648. The Kier molecular flexibility index (Phi) is 2.00. The molecule has 1 saturated heterocycles. The van der Waals surface area contributed by atoms with Gasteiger partial charge in [-0.05, 0) is 37.1 Å². The molecule has 0 amide bonds. The first-order chi connectivity index (χ1) is 5.86. The van der Waals surface area contributed by atoms with Crippen molar-refractivity contribution in [3.05, 3.63) is 29.8 Å². The van der Waals surface area contributed by atoms with Crippen molar-refractivity contribution < 1.29 is 0 Å². The van der Waals surface area contributed by atoms with Gasteiger partial charge in [-0.1, -0.05) is 12.1 Å². The van der Waals surface area contributed by atoms with Crippen LogP contribution in [0.1, 0.15) is 24.4 Å². The Morgan fingerprint density at radius 3 is 2.58 bits per heavy atom. The number of anilines is 1. The lowest BCUT2D eigenvalue weighted by Gasteiger charge is -2.09. The van der Waals surface area contributed by atoms with Gasteiger partial charge in [-0.3, -0.25) is 0 Å². The zero-order chi connectivity index (χ0) is 8.39. The largest absolute Gasteiger partial charge is 0.399 e. The number of nitrogen functional groups attached to an aromatic ring is 1. The fourth-order valence-electron chi connectivity index (χ4n) is 1.70. The smallest absolute Gasteiger partial charge is 0.0320 e. The van der Waals surface area contributed by atoms with Gasteiger partial charge in [-0.2, -0.15) is 0 Å². The molecule has 2 rings (SSSR count). The fourth-order valence-corrected chi connectivity index (χ4v) is 1.70. The van der Waals surface area contributed by atoms with Gasteiger partial charge in [0.25, 0.3) is 0 Å². The van der Waals surface area contributed by atoms with Crippen molar-refractivity contribution in [2.24, 2.45) is 0 Å². The van der Waals surface area contributed by atoms with E-state index in [9.17, 15) is 0 Å². The van der Waals surface area contributed by atoms with E-state index in [2.05, 4.69) is 17.4 Å². The van der Waals surface area contributed by atoms with E-state index >= 15 is 0 Å². The zero-order valence-corrected chi connectivity index (χ0v) is 7.09. The topological polar surface area (TPSA) is 38.0 Å². The predicted octanol–water partition coefficient (Wildman–Crippen LogP) is 1.69.